The Labute approximate surface area is 71.1 Å². The van der Waals surface area contributed by atoms with E-state index in [0.29, 0.717) is 5.92 Å². The Bertz CT molecular complexity index is 114. The zero-order valence-corrected chi connectivity index (χ0v) is 8.46. The average molecular weight is 155 g/mol. The van der Waals surface area contributed by atoms with Crippen LogP contribution in [0.15, 0.2) is 12.2 Å². The topological polar surface area (TPSA) is 3.24 Å². The molecule has 66 valence electrons. The molecule has 1 atom stereocenters. The summed E-state index contributed by atoms with van der Waals surface area (Å²) in [5.41, 5.74) is 0. The van der Waals surface area contributed by atoms with Gasteiger partial charge in [-0.3, -0.25) is 0 Å². The van der Waals surface area contributed by atoms with Crippen LogP contribution >= 0.6 is 0 Å². The molecular formula is C10H21N. The molecule has 0 aromatic heterocycles. The highest BCUT2D eigenvalue weighted by Crippen LogP contribution is 2.10. The minimum atomic E-state index is 0.704. The lowest BCUT2D eigenvalue weighted by atomic mass is 9.98. The molecule has 0 saturated heterocycles. The van der Waals surface area contributed by atoms with Gasteiger partial charge in [0.05, 0.1) is 0 Å². The summed E-state index contributed by atoms with van der Waals surface area (Å²) in [6, 6.07) is 0. The molecular weight excluding hydrogens is 134 g/mol. The maximum atomic E-state index is 2.30. The number of allylic oxidation sites excluding steroid dienone is 1. The fourth-order valence-electron chi connectivity index (χ4n) is 0.709. The van der Waals surface area contributed by atoms with Crippen molar-refractivity contribution in [3.8, 4) is 0 Å². The van der Waals surface area contributed by atoms with Gasteiger partial charge >= 0.3 is 0 Å². The van der Waals surface area contributed by atoms with E-state index >= 15 is 0 Å². The molecule has 0 fully saturated rings. The van der Waals surface area contributed by atoms with Gasteiger partial charge in [-0.25, -0.2) is 0 Å². The molecule has 0 rings (SSSR count). The first-order valence-corrected chi connectivity index (χ1v) is 4.35. The van der Waals surface area contributed by atoms with Gasteiger partial charge in [-0.15, -0.1) is 0 Å². The molecule has 0 radical (unpaired) electrons. The maximum absolute atomic E-state index is 2.30. The summed E-state index contributed by atoms with van der Waals surface area (Å²) in [4.78, 5) is 2.17. The molecule has 0 aliphatic rings. The first-order chi connectivity index (χ1) is 5.04. The zero-order chi connectivity index (χ0) is 8.85. The van der Waals surface area contributed by atoms with Crippen LogP contribution in [0.2, 0.25) is 0 Å². The molecule has 0 aliphatic heterocycles. The first kappa shape index (κ1) is 10.7. The van der Waals surface area contributed by atoms with Gasteiger partial charge in [-0.1, -0.05) is 32.9 Å². The number of hydrogen-bond donors (Lipinski definition) is 0. The number of hydrogen-bond acceptors (Lipinski definition) is 1. The number of likely N-dealkylation sites (N-methyl/N-ethyl adjacent to an activating group) is 1. The molecule has 0 aromatic rings. The molecule has 1 nitrogen and oxygen atoms in total. The Kier molecular flexibility index (Phi) is 5.22. The van der Waals surface area contributed by atoms with Gasteiger partial charge in [0.2, 0.25) is 0 Å². The van der Waals surface area contributed by atoms with Crippen LogP contribution in [0.25, 0.3) is 0 Å². The maximum Gasteiger partial charge on any atom is 0.0157 e. The molecule has 0 N–H and O–H groups in total. The first-order valence-electron chi connectivity index (χ1n) is 4.35. The Hall–Kier alpha value is -0.300. The van der Waals surface area contributed by atoms with Crippen molar-refractivity contribution in [2.24, 2.45) is 11.8 Å². The van der Waals surface area contributed by atoms with Crippen LogP contribution < -0.4 is 0 Å². The van der Waals surface area contributed by atoms with Crippen LogP contribution in [0.3, 0.4) is 0 Å². The molecule has 11 heavy (non-hydrogen) atoms. The van der Waals surface area contributed by atoms with Crippen molar-refractivity contribution < 1.29 is 0 Å². The number of nitrogens with zero attached hydrogens (tertiary/aromatic N) is 1. The highest BCUT2D eigenvalue weighted by atomic mass is 15.0. The highest BCUT2D eigenvalue weighted by Gasteiger charge is 2.00. The molecule has 0 saturated carbocycles. The molecule has 0 heterocycles. The van der Waals surface area contributed by atoms with Crippen LogP contribution in [0, 0.1) is 11.8 Å². The predicted octanol–water partition coefficient (Wildman–Crippen LogP) is 2.40. The summed E-state index contributed by atoms with van der Waals surface area (Å²) in [5, 5.41) is 0. The van der Waals surface area contributed by atoms with Crippen molar-refractivity contribution in [2.45, 2.75) is 20.8 Å². The lowest BCUT2D eigenvalue weighted by Crippen LogP contribution is -2.11. The second-order valence-corrected chi connectivity index (χ2v) is 3.79. The van der Waals surface area contributed by atoms with E-state index in [9.17, 15) is 0 Å². The fraction of sp³-hybridized carbons (Fsp3) is 0.800. The van der Waals surface area contributed by atoms with Crippen molar-refractivity contribution >= 4 is 0 Å². The molecule has 0 aliphatic carbocycles. The van der Waals surface area contributed by atoms with E-state index in [1.807, 2.05) is 0 Å². The predicted molar refractivity (Wildman–Crippen MR) is 51.7 cm³/mol. The van der Waals surface area contributed by atoms with Gasteiger partial charge in [0.25, 0.3) is 0 Å². The monoisotopic (exact) mass is 155 g/mol. The smallest absolute Gasteiger partial charge is 0.0157 e. The summed E-state index contributed by atoms with van der Waals surface area (Å²) >= 11 is 0. The Morgan fingerprint density at radius 1 is 1.18 bits per heavy atom. The Balaban J connectivity index is 3.56. The zero-order valence-electron chi connectivity index (χ0n) is 8.46. The highest BCUT2D eigenvalue weighted by molar-refractivity contribution is 4.89. The molecule has 1 unspecified atom stereocenters. The summed E-state index contributed by atoms with van der Waals surface area (Å²) in [5.74, 6) is 1.46. The summed E-state index contributed by atoms with van der Waals surface area (Å²) in [6.45, 7) is 7.82. The van der Waals surface area contributed by atoms with Crippen LogP contribution in [0.1, 0.15) is 20.8 Å². The Morgan fingerprint density at radius 3 is 2.09 bits per heavy atom. The molecule has 0 amide bonds. The van der Waals surface area contributed by atoms with Gasteiger partial charge < -0.3 is 4.90 Å². The van der Waals surface area contributed by atoms with E-state index < -0.39 is 0 Å². The second-order valence-electron chi connectivity index (χ2n) is 3.79. The standard InChI is InChI=1S/C10H21N/c1-9(2)10(3)7-6-8-11(4)5/h6-7,9-10H,8H2,1-5H3/b7-6-. The normalized spacial score (nSPS) is 15.2. The van der Waals surface area contributed by atoms with Crippen LogP contribution in [-0.4, -0.2) is 25.5 Å². The minimum Gasteiger partial charge on any atom is -0.306 e. The summed E-state index contributed by atoms with van der Waals surface area (Å²) in [7, 11) is 4.18. The van der Waals surface area contributed by atoms with Crippen molar-refractivity contribution in [3.63, 3.8) is 0 Å². The van der Waals surface area contributed by atoms with Gasteiger partial charge in [0, 0.05) is 6.54 Å². The van der Waals surface area contributed by atoms with Crippen molar-refractivity contribution in [3.05, 3.63) is 12.2 Å². The largest absolute Gasteiger partial charge is 0.306 e. The minimum absolute atomic E-state index is 0.704. The van der Waals surface area contributed by atoms with Gasteiger partial charge in [0.1, 0.15) is 0 Å². The number of rotatable bonds is 4. The molecule has 0 spiro atoms. The van der Waals surface area contributed by atoms with E-state index in [1.165, 1.54) is 0 Å². The van der Waals surface area contributed by atoms with E-state index in [0.717, 1.165) is 12.5 Å². The van der Waals surface area contributed by atoms with Gasteiger partial charge in [-0.2, -0.15) is 0 Å². The fourth-order valence-corrected chi connectivity index (χ4v) is 0.709. The quantitative estimate of drug-likeness (QED) is 0.563. The molecule has 0 aromatic carbocycles. The SMILES string of the molecule is CC(C)C(C)/C=C\CN(C)C. The van der Waals surface area contributed by atoms with Crippen molar-refractivity contribution in [1.29, 1.82) is 0 Å². The second kappa shape index (κ2) is 5.36. The van der Waals surface area contributed by atoms with Crippen molar-refractivity contribution in [1.82, 2.24) is 4.90 Å². The third-order valence-electron chi connectivity index (χ3n) is 1.96. The summed E-state index contributed by atoms with van der Waals surface area (Å²) in [6.07, 6.45) is 4.54. The lowest BCUT2D eigenvalue weighted by Gasteiger charge is -2.10. The van der Waals surface area contributed by atoms with E-state index in [2.05, 4.69) is 51.9 Å². The summed E-state index contributed by atoms with van der Waals surface area (Å²) < 4.78 is 0. The van der Waals surface area contributed by atoms with Gasteiger partial charge in [-0.05, 0) is 25.9 Å². The van der Waals surface area contributed by atoms with Crippen molar-refractivity contribution in [2.75, 3.05) is 20.6 Å². The lowest BCUT2D eigenvalue weighted by molar-refractivity contribution is 0.450. The van der Waals surface area contributed by atoms with Crippen LogP contribution in [-0.2, 0) is 0 Å². The van der Waals surface area contributed by atoms with Gasteiger partial charge in [0.15, 0.2) is 0 Å². The van der Waals surface area contributed by atoms with E-state index in [-0.39, 0.29) is 0 Å². The van der Waals surface area contributed by atoms with Crippen LogP contribution in [0.5, 0.6) is 0 Å². The third kappa shape index (κ3) is 6.11. The van der Waals surface area contributed by atoms with Crippen LogP contribution in [0.4, 0.5) is 0 Å². The molecule has 0 bridgehead atoms. The van der Waals surface area contributed by atoms with E-state index in [1.54, 1.807) is 0 Å². The Morgan fingerprint density at radius 2 is 1.73 bits per heavy atom. The average Bonchev–Trinajstić information content (AvgIpc) is 1.86. The third-order valence-corrected chi connectivity index (χ3v) is 1.96. The molecule has 1 heteroatoms. The van der Waals surface area contributed by atoms with E-state index in [4.69, 9.17) is 0 Å².